The zero-order valence-corrected chi connectivity index (χ0v) is 10.3. The standard InChI is InChI=1S/C11H23N3O2/c1-3-4-13-5-7-14(8-6-13)9-10(12-2)11(15)16/h10,12H,3-9H2,1-2H3,(H,15,16). The van der Waals surface area contributed by atoms with Crippen LogP contribution in [0, 0.1) is 0 Å². The summed E-state index contributed by atoms with van der Waals surface area (Å²) >= 11 is 0. The molecule has 1 heterocycles. The second-order valence-corrected chi connectivity index (χ2v) is 4.32. The maximum atomic E-state index is 10.9. The number of carbonyl (C=O) groups is 1. The van der Waals surface area contributed by atoms with E-state index in [1.165, 1.54) is 6.42 Å². The van der Waals surface area contributed by atoms with Gasteiger partial charge in [-0.1, -0.05) is 6.92 Å². The van der Waals surface area contributed by atoms with Crippen LogP contribution < -0.4 is 5.32 Å². The second kappa shape index (κ2) is 6.83. The molecule has 5 nitrogen and oxygen atoms in total. The molecular weight excluding hydrogens is 206 g/mol. The monoisotopic (exact) mass is 229 g/mol. The van der Waals surface area contributed by atoms with E-state index in [2.05, 4.69) is 22.0 Å². The largest absolute Gasteiger partial charge is 0.480 e. The molecule has 0 aromatic rings. The van der Waals surface area contributed by atoms with Gasteiger partial charge in [-0.05, 0) is 20.0 Å². The molecule has 5 heteroatoms. The Kier molecular flexibility index (Phi) is 5.73. The van der Waals surface area contributed by atoms with Crippen LogP contribution in [-0.4, -0.2) is 73.2 Å². The van der Waals surface area contributed by atoms with Gasteiger partial charge in [-0.15, -0.1) is 0 Å². The minimum absolute atomic E-state index is 0.447. The third-order valence-corrected chi connectivity index (χ3v) is 3.09. The summed E-state index contributed by atoms with van der Waals surface area (Å²) in [5.74, 6) is -0.765. The topological polar surface area (TPSA) is 55.8 Å². The number of piperazine rings is 1. The van der Waals surface area contributed by atoms with Crippen LogP contribution in [-0.2, 0) is 4.79 Å². The Labute approximate surface area is 97.4 Å². The lowest BCUT2D eigenvalue weighted by molar-refractivity contribution is -0.140. The van der Waals surface area contributed by atoms with Crippen LogP contribution in [0.3, 0.4) is 0 Å². The molecule has 16 heavy (non-hydrogen) atoms. The van der Waals surface area contributed by atoms with Crippen LogP contribution in [0.25, 0.3) is 0 Å². The molecule has 0 spiro atoms. The summed E-state index contributed by atoms with van der Waals surface area (Å²) in [5.41, 5.74) is 0. The van der Waals surface area contributed by atoms with E-state index in [0.29, 0.717) is 6.54 Å². The summed E-state index contributed by atoms with van der Waals surface area (Å²) in [7, 11) is 1.70. The van der Waals surface area contributed by atoms with Crippen molar-refractivity contribution in [1.29, 1.82) is 0 Å². The van der Waals surface area contributed by atoms with Crippen LogP contribution in [0.15, 0.2) is 0 Å². The molecule has 0 aromatic heterocycles. The summed E-state index contributed by atoms with van der Waals surface area (Å²) in [6, 6.07) is -0.447. The van der Waals surface area contributed by atoms with Crippen molar-refractivity contribution in [3.05, 3.63) is 0 Å². The van der Waals surface area contributed by atoms with E-state index >= 15 is 0 Å². The minimum atomic E-state index is -0.765. The normalized spacial score (nSPS) is 20.9. The molecule has 1 rings (SSSR count). The minimum Gasteiger partial charge on any atom is -0.480 e. The molecule has 2 N–H and O–H groups in total. The smallest absolute Gasteiger partial charge is 0.322 e. The average molecular weight is 229 g/mol. The van der Waals surface area contributed by atoms with Crippen molar-refractivity contribution in [2.45, 2.75) is 19.4 Å². The molecule has 0 saturated carbocycles. The van der Waals surface area contributed by atoms with Gasteiger partial charge < -0.3 is 15.3 Å². The molecule has 1 saturated heterocycles. The highest BCUT2D eigenvalue weighted by molar-refractivity contribution is 5.73. The van der Waals surface area contributed by atoms with Gasteiger partial charge in [-0.2, -0.15) is 0 Å². The van der Waals surface area contributed by atoms with Crippen LogP contribution >= 0.6 is 0 Å². The SMILES string of the molecule is CCCN1CCN(CC(NC)C(=O)O)CC1. The van der Waals surface area contributed by atoms with Crippen molar-refractivity contribution < 1.29 is 9.90 Å². The zero-order valence-electron chi connectivity index (χ0n) is 10.3. The quantitative estimate of drug-likeness (QED) is 0.654. The second-order valence-electron chi connectivity index (χ2n) is 4.32. The van der Waals surface area contributed by atoms with Crippen molar-refractivity contribution in [2.75, 3.05) is 46.3 Å². The molecular formula is C11H23N3O2. The van der Waals surface area contributed by atoms with Gasteiger partial charge in [-0.25, -0.2) is 0 Å². The van der Waals surface area contributed by atoms with Crippen LogP contribution in [0.4, 0.5) is 0 Å². The number of carboxylic acids is 1. The van der Waals surface area contributed by atoms with Gasteiger partial charge in [0.2, 0.25) is 0 Å². The van der Waals surface area contributed by atoms with E-state index in [1.54, 1.807) is 7.05 Å². The molecule has 1 atom stereocenters. The summed E-state index contributed by atoms with van der Waals surface area (Å²) < 4.78 is 0. The molecule has 0 aromatic carbocycles. The van der Waals surface area contributed by atoms with Crippen molar-refractivity contribution >= 4 is 5.97 Å². The number of hydrogen-bond donors (Lipinski definition) is 2. The van der Waals surface area contributed by atoms with Crippen molar-refractivity contribution in [3.63, 3.8) is 0 Å². The third kappa shape index (κ3) is 4.08. The summed E-state index contributed by atoms with van der Waals surface area (Å²) in [6.45, 7) is 8.02. The van der Waals surface area contributed by atoms with Crippen LogP contribution in [0.1, 0.15) is 13.3 Å². The fourth-order valence-electron chi connectivity index (χ4n) is 2.06. The maximum absolute atomic E-state index is 10.9. The van der Waals surface area contributed by atoms with Gasteiger partial charge in [0, 0.05) is 32.7 Å². The molecule has 1 aliphatic rings. The fraction of sp³-hybridized carbons (Fsp3) is 0.909. The van der Waals surface area contributed by atoms with E-state index in [9.17, 15) is 4.79 Å². The number of nitrogens with one attached hydrogen (secondary N) is 1. The first-order chi connectivity index (χ1) is 7.67. The van der Waals surface area contributed by atoms with Gasteiger partial charge in [0.15, 0.2) is 0 Å². The summed E-state index contributed by atoms with van der Waals surface area (Å²) in [5, 5.41) is 11.8. The Hall–Kier alpha value is -0.650. The first-order valence-electron chi connectivity index (χ1n) is 6.02. The Morgan fingerprint density at radius 3 is 2.31 bits per heavy atom. The summed E-state index contributed by atoms with van der Waals surface area (Å²) in [4.78, 5) is 15.5. The Morgan fingerprint density at radius 1 is 1.31 bits per heavy atom. The molecule has 0 amide bonds. The van der Waals surface area contributed by atoms with Crippen molar-refractivity contribution in [3.8, 4) is 0 Å². The zero-order chi connectivity index (χ0) is 12.0. The number of carboxylic acid groups (broad SMARTS) is 1. The van der Waals surface area contributed by atoms with Gasteiger partial charge in [-0.3, -0.25) is 9.69 Å². The first kappa shape index (κ1) is 13.4. The number of rotatable bonds is 6. The molecule has 0 radical (unpaired) electrons. The average Bonchev–Trinajstić information content (AvgIpc) is 2.28. The highest BCUT2D eigenvalue weighted by Crippen LogP contribution is 2.03. The molecule has 1 aliphatic heterocycles. The van der Waals surface area contributed by atoms with Gasteiger partial charge in [0.25, 0.3) is 0 Å². The van der Waals surface area contributed by atoms with Crippen LogP contribution in [0.5, 0.6) is 0 Å². The van der Waals surface area contributed by atoms with E-state index in [4.69, 9.17) is 5.11 Å². The highest BCUT2D eigenvalue weighted by Gasteiger charge is 2.22. The van der Waals surface area contributed by atoms with Crippen LogP contribution in [0.2, 0.25) is 0 Å². The van der Waals surface area contributed by atoms with Crippen molar-refractivity contribution in [1.82, 2.24) is 15.1 Å². The van der Waals surface area contributed by atoms with Crippen molar-refractivity contribution in [2.24, 2.45) is 0 Å². The molecule has 1 fully saturated rings. The van der Waals surface area contributed by atoms with Gasteiger partial charge in [0.05, 0.1) is 0 Å². The van der Waals surface area contributed by atoms with E-state index in [-0.39, 0.29) is 0 Å². The number of nitrogens with zero attached hydrogens (tertiary/aromatic N) is 2. The predicted molar refractivity (Wildman–Crippen MR) is 63.7 cm³/mol. The fourth-order valence-corrected chi connectivity index (χ4v) is 2.06. The Bertz CT molecular complexity index is 215. The number of hydrogen-bond acceptors (Lipinski definition) is 4. The maximum Gasteiger partial charge on any atom is 0.322 e. The van der Waals surface area contributed by atoms with E-state index in [1.807, 2.05) is 0 Å². The molecule has 1 unspecified atom stereocenters. The van der Waals surface area contributed by atoms with E-state index < -0.39 is 12.0 Å². The molecule has 0 aliphatic carbocycles. The van der Waals surface area contributed by atoms with Gasteiger partial charge in [0.1, 0.15) is 6.04 Å². The highest BCUT2D eigenvalue weighted by atomic mass is 16.4. The van der Waals surface area contributed by atoms with Gasteiger partial charge >= 0.3 is 5.97 Å². The lowest BCUT2D eigenvalue weighted by atomic mass is 10.2. The molecule has 94 valence electrons. The number of likely N-dealkylation sites (N-methyl/N-ethyl adjacent to an activating group) is 1. The Balaban J connectivity index is 2.28. The third-order valence-electron chi connectivity index (χ3n) is 3.09. The lowest BCUT2D eigenvalue weighted by Crippen LogP contribution is -2.52. The summed E-state index contributed by atoms with van der Waals surface area (Å²) in [6.07, 6.45) is 1.19. The predicted octanol–water partition coefficient (Wildman–Crippen LogP) is -0.313. The first-order valence-corrected chi connectivity index (χ1v) is 6.02. The number of aliphatic carboxylic acids is 1. The van der Waals surface area contributed by atoms with E-state index in [0.717, 1.165) is 32.7 Å². The lowest BCUT2D eigenvalue weighted by Gasteiger charge is -2.35. The molecule has 0 bridgehead atoms. The Morgan fingerprint density at radius 2 is 1.88 bits per heavy atom.